The maximum Gasteiger partial charge on any atom is 0.254 e. The van der Waals surface area contributed by atoms with E-state index in [9.17, 15) is 9.90 Å². The van der Waals surface area contributed by atoms with Gasteiger partial charge in [-0.05, 0) is 19.4 Å². The zero-order valence-electron chi connectivity index (χ0n) is 11.5. The summed E-state index contributed by atoms with van der Waals surface area (Å²) >= 11 is 1.53. The summed E-state index contributed by atoms with van der Waals surface area (Å²) in [6.07, 6.45) is 2.47. The lowest BCUT2D eigenvalue weighted by atomic mass is 10.2. The molecule has 1 amide bonds. The van der Waals surface area contributed by atoms with Crippen LogP contribution >= 0.6 is 11.3 Å². The highest BCUT2D eigenvalue weighted by Crippen LogP contribution is 2.23. The molecule has 20 heavy (non-hydrogen) atoms. The van der Waals surface area contributed by atoms with Gasteiger partial charge in [-0.3, -0.25) is 4.79 Å². The molecular weight excluding hydrogens is 276 g/mol. The van der Waals surface area contributed by atoms with Gasteiger partial charge < -0.3 is 14.8 Å². The van der Waals surface area contributed by atoms with Crippen LogP contribution in [0.5, 0.6) is 0 Å². The molecule has 0 saturated heterocycles. The molecule has 5 nitrogen and oxygen atoms in total. The Morgan fingerprint density at radius 1 is 1.60 bits per heavy atom. The summed E-state index contributed by atoms with van der Waals surface area (Å²) in [6.45, 7) is 4.16. The van der Waals surface area contributed by atoms with Crippen LogP contribution in [0.2, 0.25) is 0 Å². The molecule has 2 aromatic rings. The Balaban J connectivity index is 1.96. The highest BCUT2D eigenvalue weighted by atomic mass is 32.1. The Morgan fingerprint density at radius 3 is 3.05 bits per heavy atom. The minimum Gasteiger partial charge on any atom is -0.462 e. The topological polar surface area (TPSA) is 75.4 Å². The van der Waals surface area contributed by atoms with Gasteiger partial charge in [-0.2, -0.15) is 0 Å². The lowest BCUT2D eigenvalue weighted by molar-refractivity contribution is 0.0909. The molecule has 2 aromatic heterocycles. The molecule has 108 valence electrons. The minimum absolute atomic E-state index is 0.248. The van der Waals surface area contributed by atoms with E-state index in [1.54, 1.807) is 6.07 Å². The number of nitrogens with zero attached hydrogens (tertiary/aromatic N) is 1. The number of aryl methyl sites for hydroxylation is 1. The molecular formula is C14H18N2O3S. The SMILES string of the molecule is CCCC(O)CNC(=O)c1coc(-c2csc(C)n2)c1. The first-order valence-electron chi connectivity index (χ1n) is 6.57. The van der Waals surface area contributed by atoms with Crippen LogP contribution in [0.15, 0.2) is 22.1 Å². The smallest absolute Gasteiger partial charge is 0.254 e. The van der Waals surface area contributed by atoms with Gasteiger partial charge in [0.25, 0.3) is 5.91 Å². The van der Waals surface area contributed by atoms with Gasteiger partial charge in [0.05, 0.1) is 16.7 Å². The second-order valence-electron chi connectivity index (χ2n) is 4.60. The van der Waals surface area contributed by atoms with Gasteiger partial charge in [0.2, 0.25) is 0 Å². The Bertz CT molecular complexity index is 576. The number of carbonyl (C=O) groups is 1. The van der Waals surface area contributed by atoms with Crippen LogP contribution in [0.1, 0.15) is 35.1 Å². The molecule has 2 heterocycles. The van der Waals surface area contributed by atoms with Gasteiger partial charge in [0.1, 0.15) is 12.0 Å². The van der Waals surface area contributed by atoms with Crippen molar-refractivity contribution < 1.29 is 14.3 Å². The molecule has 1 atom stereocenters. The molecule has 0 aliphatic heterocycles. The largest absolute Gasteiger partial charge is 0.462 e. The Labute approximate surface area is 121 Å². The molecule has 2 rings (SSSR count). The molecule has 0 radical (unpaired) electrons. The predicted octanol–water partition coefficient (Wildman–Crippen LogP) is 2.60. The number of rotatable bonds is 6. The average Bonchev–Trinajstić information content (AvgIpc) is 3.04. The van der Waals surface area contributed by atoms with E-state index < -0.39 is 6.10 Å². The number of nitrogens with one attached hydrogen (secondary N) is 1. The molecule has 0 fully saturated rings. The van der Waals surface area contributed by atoms with Crippen molar-refractivity contribution in [2.24, 2.45) is 0 Å². The number of aliphatic hydroxyl groups is 1. The van der Waals surface area contributed by atoms with Crippen molar-refractivity contribution >= 4 is 17.2 Å². The highest BCUT2D eigenvalue weighted by molar-refractivity contribution is 7.09. The molecule has 2 N–H and O–H groups in total. The summed E-state index contributed by atoms with van der Waals surface area (Å²) in [5.41, 5.74) is 1.17. The van der Waals surface area contributed by atoms with Crippen molar-refractivity contribution in [1.82, 2.24) is 10.3 Å². The predicted molar refractivity (Wildman–Crippen MR) is 77.8 cm³/mol. The molecule has 0 aliphatic carbocycles. The Kier molecular flexibility index (Phi) is 4.92. The first kappa shape index (κ1) is 14.7. The van der Waals surface area contributed by atoms with E-state index in [1.165, 1.54) is 17.6 Å². The van der Waals surface area contributed by atoms with E-state index in [1.807, 2.05) is 19.2 Å². The van der Waals surface area contributed by atoms with Crippen LogP contribution < -0.4 is 5.32 Å². The third-order valence-electron chi connectivity index (χ3n) is 2.85. The number of carbonyl (C=O) groups excluding carboxylic acids is 1. The van der Waals surface area contributed by atoms with Gasteiger partial charge in [-0.15, -0.1) is 11.3 Å². The summed E-state index contributed by atoms with van der Waals surface area (Å²) in [5, 5.41) is 15.1. The molecule has 0 aromatic carbocycles. The van der Waals surface area contributed by atoms with Crippen molar-refractivity contribution in [2.45, 2.75) is 32.8 Å². The highest BCUT2D eigenvalue weighted by Gasteiger charge is 2.14. The maximum absolute atomic E-state index is 11.9. The third kappa shape index (κ3) is 3.68. The molecule has 0 aliphatic rings. The normalized spacial score (nSPS) is 12.3. The fourth-order valence-corrected chi connectivity index (χ4v) is 2.42. The van der Waals surface area contributed by atoms with Gasteiger partial charge in [0.15, 0.2) is 5.76 Å². The first-order valence-corrected chi connectivity index (χ1v) is 7.45. The second-order valence-corrected chi connectivity index (χ2v) is 5.67. The quantitative estimate of drug-likeness (QED) is 0.858. The fourth-order valence-electron chi connectivity index (χ4n) is 1.81. The lowest BCUT2D eigenvalue weighted by Crippen LogP contribution is -2.31. The van der Waals surface area contributed by atoms with Gasteiger partial charge in [0, 0.05) is 11.9 Å². The summed E-state index contributed by atoms with van der Waals surface area (Å²) in [7, 11) is 0. The van der Waals surface area contributed by atoms with Gasteiger partial charge >= 0.3 is 0 Å². The van der Waals surface area contributed by atoms with E-state index in [0.717, 1.165) is 17.1 Å². The second kappa shape index (κ2) is 6.67. The summed E-state index contributed by atoms with van der Waals surface area (Å²) in [5.74, 6) is 0.329. The lowest BCUT2D eigenvalue weighted by Gasteiger charge is -2.09. The van der Waals surface area contributed by atoms with Crippen molar-refractivity contribution in [3.05, 3.63) is 28.3 Å². The number of aliphatic hydroxyl groups excluding tert-OH is 1. The summed E-state index contributed by atoms with van der Waals surface area (Å²) in [6, 6.07) is 1.66. The van der Waals surface area contributed by atoms with Crippen LogP contribution in [-0.2, 0) is 0 Å². The fraction of sp³-hybridized carbons (Fsp3) is 0.429. The number of hydrogen-bond acceptors (Lipinski definition) is 5. The van der Waals surface area contributed by atoms with Crippen molar-refractivity contribution in [2.75, 3.05) is 6.54 Å². The van der Waals surface area contributed by atoms with Crippen LogP contribution in [-0.4, -0.2) is 28.6 Å². The van der Waals surface area contributed by atoms with Crippen LogP contribution in [0.25, 0.3) is 11.5 Å². The van der Waals surface area contributed by atoms with Crippen LogP contribution in [0, 0.1) is 6.92 Å². The number of furan rings is 1. The van der Waals surface area contributed by atoms with Crippen molar-refractivity contribution in [1.29, 1.82) is 0 Å². The average molecular weight is 294 g/mol. The number of hydrogen-bond donors (Lipinski definition) is 2. The Hall–Kier alpha value is -1.66. The number of thiazole rings is 1. The van der Waals surface area contributed by atoms with E-state index in [4.69, 9.17) is 4.42 Å². The van der Waals surface area contributed by atoms with E-state index in [0.29, 0.717) is 17.7 Å². The van der Waals surface area contributed by atoms with Gasteiger partial charge in [-0.25, -0.2) is 4.98 Å². The Morgan fingerprint density at radius 2 is 2.40 bits per heavy atom. The zero-order chi connectivity index (χ0) is 14.5. The molecule has 0 spiro atoms. The molecule has 0 saturated carbocycles. The van der Waals surface area contributed by atoms with E-state index in [-0.39, 0.29) is 12.5 Å². The van der Waals surface area contributed by atoms with E-state index in [2.05, 4.69) is 10.3 Å². The number of amides is 1. The monoisotopic (exact) mass is 294 g/mol. The number of aromatic nitrogens is 1. The summed E-state index contributed by atoms with van der Waals surface area (Å²) < 4.78 is 5.36. The minimum atomic E-state index is -0.503. The first-order chi connectivity index (χ1) is 9.60. The maximum atomic E-state index is 11.9. The van der Waals surface area contributed by atoms with Crippen LogP contribution in [0.4, 0.5) is 0 Å². The van der Waals surface area contributed by atoms with Crippen molar-refractivity contribution in [3.8, 4) is 11.5 Å². The molecule has 1 unspecified atom stereocenters. The zero-order valence-corrected chi connectivity index (χ0v) is 12.4. The van der Waals surface area contributed by atoms with E-state index >= 15 is 0 Å². The third-order valence-corrected chi connectivity index (χ3v) is 3.63. The van der Waals surface area contributed by atoms with Crippen LogP contribution in [0.3, 0.4) is 0 Å². The van der Waals surface area contributed by atoms with Gasteiger partial charge in [-0.1, -0.05) is 13.3 Å². The van der Waals surface area contributed by atoms with Crippen molar-refractivity contribution in [3.63, 3.8) is 0 Å². The molecule has 6 heteroatoms. The molecule has 0 bridgehead atoms. The summed E-state index contributed by atoms with van der Waals surface area (Å²) in [4.78, 5) is 16.2. The standard InChI is InChI=1S/C14H18N2O3S/c1-3-4-11(17)6-15-14(18)10-5-13(19-7-10)12-8-20-9(2)16-12/h5,7-8,11,17H,3-4,6H2,1-2H3,(H,15,18).